The lowest BCUT2D eigenvalue weighted by Crippen LogP contribution is -2.48. The maximum atomic E-state index is 12.0. The van der Waals surface area contributed by atoms with Crippen molar-refractivity contribution in [3.8, 4) is 12.1 Å². The van der Waals surface area contributed by atoms with Crippen LogP contribution in [0.3, 0.4) is 0 Å². The van der Waals surface area contributed by atoms with Crippen LogP contribution in [0.4, 0.5) is 0 Å². The fourth-order valence-corrected chi connectivity index (χ4v) is 1.84. The third-order valence-electron chi connectivity index (χ3n) is 2.74. The molecule has 1 rings (SSSR count). The number of amides is 1. The number of nitrogens with one attached hydrogen (secondary N) is 1. The van der Waals surface area contributed by atoms with Gasteiger partial charge >= 0.3 is 0 Å². The van der Waals surface area contributed by atoms with Gasteiger partial charge in [-0.2, -0.15) is 10.5 Å². The van der Waals surface area contributed by atoms with Gasteiger partial charge in [0, 0.05) is 5.54 Å². The van der Waals surface area contributed by atoms with E-state index in [0.29, 0.717) is 12.8 Å². The van der Waals surface area contributed by atoms with Crippen LogP contribution >= 0.6 is 12.4 Å². The normalized spacial score (nSPS) is 22.8. The molecule has 1 aliphatic heterocycles. The number of hydrogen-bond donors (Lipinski definition) is 1. The maximum Gasteiger partial charge on any atom is 0.238 e. The monoisotopic (exact) mass is 270 g/mol. The highest BCUT2D eigenvalue weighted by atomic mass is 35.5. The van der Waals surface area contributed by atoms with Crippen LogP contribution in [0.15, 0.2) is 0 Å². The average molecular weight is 271 g/mol. The molecule has 0 aromatic heterocycles. The molecule has 1 fully saturated rings. The Morgan fingerprint density at radius 1 is 1.28 bits per heavy atom. The summed E-state index contributed by atoms with van der Waals surface area (Å²) in [5, 5.41) is 21.0. The van der Waals surface area contributed by atoms with Crippen molar-refractivity contribution in [2.75, 3.05) is 6.54 Å². The summed E-state index contributed by atoms with van der Waals surface area (Å²) in [6.07, 6.45) is 1.19. The summed E-state index contributed by atoms with van der Waals surface area (Å²) in [5.74, 6) is -0.171. The molecular formula is C12H19ClN4O. The third-order valence-corrected chi connectivity index (χ3v) is 2.74. The van der Waals surface area contributed by atoms with Gasteiger partial charge in [-0.15, -0.1) is 12.4 Å². The van der Waals surface area contributed by atoms with Crippen molar-refractivity contribution in [3.63, 3.8) is 0 Å². The molecule has 1 heterocycles. The molecule has 0 spiro atoms. The van der Waals surface area contributed by atoms with Gasteiger partial charge in [0.2, 0.25) is 5.91 Å². The first kappa shape index (κ1) is 16.7. The van der Waals surface area contributed by atoms with Crippen molar-refractivity contribution in [2.45, 2.75) is 51.2 Å². The minimum absolute atomic E-state index is 0. The van der Waals surface area contributed by atoms with Crippen LogP contribution in [-0.2, 0) is 4.79 Å². The van der Waals surface area contributed by atoms with Crippen LogP contribution in [0.1, 0.15) is 33.6 Å². The molecule has 18 heavy (non-hydrogen) atoms. The summed E-state index contributed by atoms with van der Waals surface area (Å²) in [6.45, 7) is 6.06. The van der Waals surface area contributed by atoms with Gasteiger partial charge in [-0.05, 0) is 33.6 Å². The van der Waals surface area contributed by atoms with Crippen LogP contribution in [0.2, 0.25) is 0 Å². The van der Waals surface area contributed by atoms with E-state index in [1.165, 1.54) is 4.90 Å². The Morgan fingerprint density at radius 3 is 2.06 bits per heavy atom. The molecule has 0 aliphatic carbocycles. The predicted octanol–water partition coefficient (Wildman–Crippen LogP) is 1.20. The zero-order valence-electron chi connectivity index (χ0n) is 10.9. The van der Waals surface area contributed by atoms with Gasteiger partial charge in [-0.25, -0.2) is 0 Å². The number of rotatable bonds is 2. The largest absolute Gasteiger partial charge is 0.310 e. The molecule has 1 saturated heterocycles. The fraction of sp³-hybridized carbons (Fsp3) is 0.750. The van der Waals surface area contributed by atoms with Gasteiger partial charge in [0.05, 0.1) is 18.7 Å². The molecule has 2 atom stereocenters. The van der Waals surface area contributed by atoms with Gasteiger partial charge in [0.25, 0.3) is 0 Å². The first-order chi connectivity index (χ1) is 7.89. The Hall–Kier alpha value is -1.30. The van der Waals surface area contributed by atoms with E-state index in [2.05, 4.69) is 17.5 Å². The molecule has 0 saturated carbocycles. The summed E-state index contributed by atoms with van der Waals surface area (Å²) in [4.78, 5) is 13.4. The number of likely N-dealkylation sites (tertiary alicyclic amines) is 1. The highest BCUT2D eigenvalue weighted by molar-refractivity contribution is 5.85. The number of carbonyl (C=O) groups excluding carboxylic acids is 1. The first-order valence-electron chi connectivity index (χ1n) is 5.74. The molecule has 0 bridgehead atoms. The highest BCUT2D eigenvalue weighted by Gasteiger charge is 2.36. The summed E-state index contributed by atoms with van der Waals surface area (Å²) in [6, 6.07) is 3.26. The second-order valence-corrected chi connectivity index (χ2v) is 5.27. The maximum absolute atomic E-state index is 12.0. The predicted molar refractivity (Wildman–Crippen MR) is 69.9 cm³/mol. The quantitative estimate of drug-likeness (QED) is 0.818. The van der Waals surface area contributed by atoms with E-state index in [4.69, 9.17) is 10.5 Å². The Labute approximate surface area is 114 Å². The topological polar surface area (TPSA) is 79.9 Å². The summed E-state index contributed by atoms with van der Waals surface area (Å²) >= 11 is 0. The lowest BCUT2D eigenvalue weighted by molar-refractivity contribution is -0.131. The van der Waals surface area contributed by atoms with Gasteiger partial charge in [0.1, 0.15) is 12.1 Å². The van der Waals surface area contributed by atoms with E-state index in [9.17, 15) is 4.79 Å². The van der Waals surface area contributed by atoms with Crippen LogP contribution < -0.4 is 5.32 Å². The number of nitriles is 2. The second kappa shape index (κ2) is 6.58. The summed E-state index contributed by atoms with van der Waals surface area (Å²) < 4.78 is 0. The van der Waals surface area contributed by atoms with Crippen LogP contribution in [0.5, 0.6) is 0 Å². The van der Waals surface area contributed by atoms with Gasteiger partial charge in [0.15, 0.2) is 0 Å². The van der Waals surface area contributed by atoms with Gasteiger partial charge < -0.3 is 10.2 Å². The molecule has 1 aliphatic rings. The van der Waals surface area contributed by atoms with Crippen molar-refractivity contribution in [1.29, 1.82) is 10.5 Å². The lowest BCUT2D eigenvalue weighted by atomic mass is 10.1. The van der Waals surface area contributed by atoms with Crippen molar-refractivity contribution >= 4 is 18.3 Å². The fourth-order valence-electron chi connectivity index (χ4n) is 1.84. The van der Waals surface area contributed by atoms with Crippen molar-refractivity contribution in [2.24, 2.45) is 0 Å². The van der Waals surface area contributed by atoms with Crippen LogP contribution in [0.25, 0.3) is 0 Å². The van der Waals surface area contributed by atoms with E-state index in [1.54, 1.807) is 0 Å². The number of halogens is 1. The van der Waals surface area contributed by atoms with E-state index < -0.39 is 12.1 Å². The Balaban J connectivity index is 0.00000289. The molecule has 0 radical (unpaired) electrons. The SMILES string of the molecule is CC(C)(C)NCC(=O)N1[C@H](C#N)CC[C@@H]1C#N.Cl. The zero-order chi connectivity index (χ0) is 13.1. The lowest BCUT2D eigenvalue weighted by Gasteiger charge is -2.26. The Bertz CT molecular complexity index is 355. The number of nitrogens with zero attached hydrogens (tertiary/aromatic N) is 3. The van der Waals surface area contributed by atoms with Crippen molar-refractivity contribution in [1.82, 2.24) is 10.2 Å². The highest BCUT2D eigenvalue weighted by Crippen LogP contribution is 2.23. The molecule has 1 amide bonds. The third kappa shape index (κ3) is 4.18. The van der Waals surface area contributed by atoms with Crippen molar-refractivity contribution < 1.29 is 4.79 Å². The zero-order valence-corrected chi connectivity index (χ0v) is 11.8. The van der Waals surface area contributed by atoms with E-state index in [-0.39, 0.29) is 30.4 Å². The second-order valence-electron chi connectivity index (χ2n) is 5.27. The molecule has 100 valence electrons. The van der Waals surface area contributed by atoms with Crippen LogP contribution in [-0.4, -0.2) is 35.0 Å². The molecular weight excluding hydrogens is 252 g/mol. The number of carbonyl (C=O) groups is 1. The molecule has 1 N–H and O–H groups in total. The minimum atomic E-state index is -0.450. The van der Waals surface area contributed by atoms with Crippen LogP contribution in [0, 0.1) is 22.7 Å². The standard InChI is InChI=1S/C12H18N4O.ClH/c1-12(2,3)15-8-11(17)16-9(6-13)4-5-10(16)7-14;/h9-10,15H,4-5,8H2,1-3H3;1H/t9-,10+;. The first-order valence-corrected chi connectivity index (χ1v) is 5.74. The Morgan fingerprint density at radius 2 is 1.72 bits per heavy atom. The summed E-state index contributed by atoms with van der Waals surface area (Å²) in [7, 11) is 0. The number of hydrogen-bond acceptors (Lipinski definition) is 4. The van der Waals surface area contributed by atoms with Gasteiger partial charge in [-0.1, -0.05) is 0 Å². The van der Waals surface area contributed by atoms with E-state index >= 15 is 0 Å². The summed E-state index contributed by atoms with van der Waals surface area (Å²) in [5.41, 5.74) is -0.153. The van der Waals surface area contributed by atoms with Gasteiger partial charge in [-0.3, -0.25) is 4.79 Å². The smallest absolute Gasteiger partial charge is 0.238 e. The molecule has 5 nitrogen and oxygen atoms in total. The van der Waals surface area contributed by atoms with Crippen molar-refractivity contribution in [3.05, 3.63) is 0 Å². The molecule has 6 heteroatoms. The minimum Gasteiger partial charge on any atom is -0.310 e. The molecule has 0 aromatic carbocycles. The average Bonchev–Trinajstić information content (AvgIpc) is 2.67. The van der Waals surface area contributed by atoms with E-state index in [0.717, 1.165) is 0 Å². The van der Waals surface area contributed by atoms with E-state index in [1.807, 2.05) is 20.8 Å². The Kier molecular flexibility index (Phi) is 6.11. The molecule has 0 unspecified atom stereocenters. The molecule has 0 aromatic rings.